The number of allylic oxidation sites excluding steroid dienone is 1. The molecule has 0 radical (unpaired) electrons. The van der Waals surface area contributed by atoms with Crippen molar-refractivity contribution in [3.8, 4) is 5.75 Å². The summed E-state index contributed by atoms with van der Waals surface area (Å²) in [6.45, 7) is 3.84. The van der Waals surface area contributed by atoms with Gasteiger partial charge in [0.2, 0.25) is 0 Å². The molecule has 180 valence electrons. The summed E-state index contributed by atoms with van der Waals surface area (Å²) in [6, 6.07) is 17.3. The van der Waals surface area contributed by atoms with Crippen LogP contribution in [0.2, 0.25) is 0 Å². The highest BCUT2D eigenvalue weighted by molar-refractivity contribution is 7.12. The number of ketones is 1. The number of rotatable bonds is 8. The van der Waals surface area contributed by atoms with Crippen LogP contribution in [-0.4, -0.2) is 41.3 Å². The van der Waals surface area contributed by atoms with Crippen molar-refractivity contribution in [2.45, 2.75) is 26.4 Å². The molecule has 0 saturated carbocycles. The maximum atomic E-state index is 13.8. The van der Waals surface area contributed by atoms with E-state index < -0.39 is 5.97 Å². The van der Waals surface area contributed by atoms with E-state index >= 15 is 0 Å². The van der Waals surface area contributed by atoms with E-state index in [0.29, 0.717) is 27.9 Å². The number of carbonyl (C=O) groups excluding carboxylic acids is 1. The van der Waals surface area contributed by atoms with Crippen LogP contribution in [0.4, 0.5) is 0 Å². The van der Waals surface area contributed by atoms with Gasteiger partial charge >= 0.3 is 5.97 Å². The van der Waals surface area contributed by atoms with Gasteiger partial charge in [-0.05, 0) is 85.0 Å². The van der Waals surface area contributed by atoms with Crippen LogP contribution in [0.5, 0.6) is 5.75 Å². The van der Waals surface area contributed by atoms with Crippen molar-refractivity contribution >= 4 is 61.8 Å². The van der Waals surface area contributed by atoms with Crippen molar-refractivity contribution < 1.29 is 19.4 Å². The molecular formula is C26H20N4O4S2. The predicted molar refractivity (Wildman–Crippen MR) is 140 cm³/mol. The number of aromatic nitrogens is 4. The molecule has 5 rings (SSSR count). The van der Waals surface area contributed by atoms with Gasteiger partial charge < -0.3 is 9.84 Å². The topological polar surface area (TPSA) is 115 Å². The third-order valence-electron chi connectivity index (χ3n) is 5.51. The minimum absolute atomic E-state index is 0.00751. The summed E-state index contributed by atoms with van der Waals surface area (Å²) in [5.41, 5.74) is 3.65. The Balaban J connectivity index is 1.64. The first kappa shape index (κ1) is 23.7. The van der Waals surface area contributed by atoms with Crippen LogP contribution < -0.4 is 4.74 Å². The first-order valence-electron chi connectivity index (χ1n) is 11.1. The van der Waals surface area contributed by atoms with Crippen molar-refractivity contribution in [1.82, 2.24) is 18.3 Å². The summed E-state index contributed by atoms with van der Waals surface area (Å²) in [5.74, 6) is -0.932. The lowest BCUT2D eigenvalue weighted by Crippen LogP contribution is -2.14. The highest BCUT2D eigenvalue weighted by Gasteiger charge is 2.25. The Morgan fingerprint density at radius 2 is 1.64 bits per heavy atom. The van der Waals surface area contributed by atoms with E-state index in [0.717, 1.165) is 27.5 Å². The van der Waals surface area contributed by atoms with Gasteiger partial charge in [0.25, 0.3) is 0 Å². The number of carboxylic acids is 1. The van der Waals surface area contributed by atoms with Gasteiger partial charge in [-0.2, -0.15) is 8.75 Å². The number of benzene rings is 3. The van der Waals surface area contributed by atoms with E-state index in [9.17, 15) is 14.7 Å². The van der Waals surface area contributed by atoms with E-state index in [2.05, 4.69) is 18.3 Å². The number of Topliss-reactive ketones (excluding diaryl/α,β-unsaturated/α-hetero) is 1. The summed E-state index contributed by atoms with van der Waals surface area (Å²) in [5, 5.41) is 14.4. The number of nitrogens with zero attached hydrogens (tertiary/aromatic N) is 4. The summed E-state index contributed by atoms with van der Waals surface area (Å²) < 4.78 is 18.9. The molecule has 0 spiro atoms. The molecule has 0 aliphatic carbocycles. The molecule has 2 heterocycles. The van der Waals surface area contributed by atoms with Crippen molar-refractivity contribution in [3.05, 3.63) is 82.9 Å². The van der Waals surface area contributed by atoms with Gasteiger partial charge in [0.15, 0.2) is 5.78 Å². The molecule has 36 heavy (non-hydrogen) atoms. The second-order valence-electron chi connectivity index (χ2n) is 8.40. The largest absolute Gasteiger partial charge is 0.491 e. The fourth-order valence-corrected chi connectivity index (χ4v) is 5.06. The Morgan fingerprint density at radius 1 is 0.917 bits per heavy atom. The zero-order valence-corrected chi connectivity index (χ0v) is 21.0. The minimum atomic E-state index is -1.19. The molecule has 8 nitrogen and oxygen atoms in total. The highest BCUT2D eigenvalue weighted by atomic mass is 32.1. The summed E-state index contributed by atoms with van der Waals surface area (Å²) in [7, 11) is 0. The lowest BCUT2D eigenvalue weighted by Gasteiger charge is -2.14. The van der Waals surface area contributed by atoms with Crippen LogP contribution in [-0.2, 0) is 11.2 Å². The maximum Gasteiger partial charge on any atom is 0.336 e. The molecule has 0 saturated heterocycles. The molecule has 0 amide bonds. The summed E-state index contributed by atoms with van der Waals surface area (Å²) in [4.78, 5) is 26.4. The number of fused-ring (bicyclic) bond motifs is 2. The second-order valence-corrected chi connectivity index (χ2v) is 9.71. The van der Waals surface area contributed by atoms with Crippen LogP contribution in [0.25, 0.3) is 26.8 Å². The van der Waals surface area contributed by atoms with Gasteiger partial charge in [-0.25, -0.2) is 4.79 Å². The van der Waals surface area contributed by atoms with E-state index in [1.807, 2.05) is 32.0 Å². The number of carbonyl (C=O) groups is 2. The van der Waals surface area contributed by atoms with Crippen molar-refractivity contribution in [1.29, 1.82) is 0 Å². The SMILES string of the molecule is CC(C)Oc1ccc(C(=O)C(Cc2ccc3nnsc3c2)=C(C(=O)O)c2ccc3nsnc3c2)cc1. The number of aliphatic carboxylic acids is 1. The Hall–Kier alpha value is -4.02. The zero-order valence-electron chi connectivity index (χ0n) is 19.3. The average molecular weight is 517 g/mol. The summed E-state index contributed by atoms with van der Waals surface area (Å²) >= 11 is 2.30. The van der Waals surface area contributed by atoms with E-state index in [-0.39, 0.29) is 29.5 Å². The van der Waals surface area contributed by atoms with Gasteiger partial charge in [-0.3, -0.25) is 4.79 Å². The number of hydrogen-bond donors (Lipinski definition) is 1. The van der Waals surface area contributed by atoms with Gasteiger partial charge in [0.05, 0.1) is 28.1 Å². The highest BCUT2D eigenvalue weighted by Crippen LogP contribution is 2.29. The molecule has 3 aromatic carbocycles. The van der Waals surface area contributed by atoms with Gasteiger partial charge in [-0.15, -0.1) is 5.10 Å². The number of hydrogen-bond acceptors (Lipinski definition) is 9. The average Bonchev–Trinajstić information content (AvgIpc) is 3.52. The number of carboxylic acid groups (broad SMARTS) is 1. The van der Waals surface area contributed by atoms with Crippen LogP contribution in [0, 0.1) is 0 Å². The van der Waals surface area contributed by atoms with E-state index in [4.69, 9.17) is 4.74 Å². The Labute approximate surface area is 214 Å². The third kappa shape index (κ3) is 4.86. The Morgan fingerprint density at radius 3 is 2.39 bits per heavy atom. The van der Waals surface area contributed by atoms with Crippen molar-refractivity contribution in [2.75, 3.05) is 0 Å². The molecule has 0 fully saturated rings. The molecule has 2 aromatic heterocycles. The molecule has 10 heteroatoms. The first-order valence-corrected chi connectivity index (χ1v) is 12.6. The van der Waals surface area contributed by atoms with Crippen LogP contribution in [0.15, 0.2) is 66.2 Å². The van der Waals surface area contributed by atoms with E-state index in [1.165, 1.54) is 11.5 Å². The molecule has 0 aliphatic heterocycles. The molecule has 0 bridgehead atoms. The maximum absolute atomic E-state index is 13.8. The van der Waals surface area contributed by atoms with E-state index in [1.54, 1.807) is 42.5 Å². The minimum Gasteiger partial charge on any atom is -0.491 e. The van der Waals surface area contributed by atoms with Gasteiger partial charge in [0, 0.05) is 17.6 Å². The molecule has 1 N–H and O–H groups in total. The molecular weight excluding hydrogens is 496 g/mol. The van der Waals surface area contributed by atoms with Crippen LogP contribution >= 0.6 is 23.3 Å². The molecule has 0 unspecified atom stereocenters. The third-order valence-corrected chi connectivity index (χ3v) is 6.76. The molecule has 0 atom stereocenters. The summed E-state index contributed by atoms with van der Waals surface area (Å²) in [6.07, 6.45) is 0.109. The second kappa shape index (κ2) is 9.92. The Kier molecular flexibility index (Phi) is 6.53. The standard InChI is InChI=1S/C26H20N4O4S2/c1-14(2)34-18-7-4-16(5-8-18)25(31)19(11-15-3-9-21-23(12-15)35-30-27-21)24(26(32)33)17-6-10-20-22(13-17)29-36-28-20/h3-10,12-14H,11H2,1-2H3,(H,32,33). The zero-order chi connectivity index (χ0) is 25.2. The lowest BCUT2D eigenvalue weighted by molar-refractivity contribution is -0.130. The quantitative estimate of drug-likeness (QED) is 0.214. The monoisotopic (exact) mass is 516 g/mol. The van der Waals surface area contributed by atoms with Crippen LogP contribution in [0.3, 0.4) is 0 Å². The van der Waals surface area contributed by atoms with Crippen LogP contribution in [0.1, 0.15) is 35.3 Å². The lowest BCUT2D eigenvalue weighted by atomic mass is 9.89. The first-order chi connectivity index (χ1) is 17.4. The molecule has 5 aromatic rings. The predicted octanol–water partition coefficient (Wildman–Crippen LogP) is 5.45. The fraction of sp³-hybridized carbons (Fsp3) is 0.154. The van der Waals surface area contributed by atoms with Gasteiger partial charge in [0.1, 0.15) is 22.3 Å². The molecule has 0 aliphatic rings. The normalized spacial score (nSPS) is 12.2. The van der Waals surface area contributed by atoms with Gasteiger partial charge in [-0.1, -0.05) is 16.6 Å². The fourth-order valence-electron chi connectivity index (χ4n) is 3.91. The van der Waals surface area contributed by atoms with Crippen molar-refractivity contribution in [2.24, 2.45) is 0 Å². The smallest absolute Gasteiger partial charge is 0.336 e. The van der Waals surface area contributed by atoms with Crippen molar-refractivity contribution in [3.63, 3.8) is 0 Å². The number of ether oxygens (including phenoxy) is 1. The Bertz CT molecular complexity index is 1620.